The Morgan fingerprint density at radius 1 is 1.10 bits per heavy atom. The van der Waals surface area contributed by atoms with E-state index in [1.807, 2.05) is 36.5 Å². The molecule has 0 aliphatic heterocycles. The van der Waals surface area contributed by atoms with Crippen LogP contribution >= 0.6 is 0 Å². The topological polar surface area (TPSA) is 48.1 Å². The molecule has 3 heteroatoms. The van der Waals surface area contributed by atoms with E-state index in [9.17, 15) is 0 Å². The number of aromatic nitrogens is 1. The van der Waals surface area contributed by atoms with Gasteiger partial charge in [0.2, 0.25) is 0 Å². The lowest BCUT2D eigenvalue weighted by molar-refractivity contribution is 0.271. The number of ether oxygens (including phenoxy) is 1. The number of pyridine rings is 1. The van der Waals surface area contributed by atoms with Crippen LogP contribution in [0.4, 0.5) is 0 Å². The summed E-state index contributed by atoms with van der Waals surface area (Å²) < 4.78 is 5.70. The molecule has 2 aromatic rings. The molecule has 0 aliphatic carbocycles. The van der Waals surface area contributed by atoms with Crippen LogP contribution in [0.2, 0.25) is 0 Å². The third kappa shape index (κ3) is 4.87. The number of benzene rings is 1. The van der Waals surface area contributed by atoms with Crippen LogP contribution in [0.25, 0.3) is 0 Å². The van der Waals surface area contributed by atoms with Gasteiger partial charge in [0, 0.05) is 24.4 Å². The smallest absolute Gasteiger partial charge is 0.119 e. The molecule has 0 fully saturated rings. The van der Waals surface area contributed by atoms with Crippen LogP contribution in [0.15, 0.2) is 48.7 Å². The largest absolute Gasteiger partial charge is 0.493 e. The first-order valence-corrected chi connectivity index (χ1v) is 7.51. The van der Waals surface area contributed by atoms with Gasteiger partial charge in [0.1, 0.15) is 5.75 Å². The highest BCUT2D eigenvalue weighted by atomic mass is 16.5. The summed E-state index contributed by atoms with van der Waals surface area (Å²) in [6, 6.07) is 14.3. The van der Waals surface area contributed by atoms with Crippen molar-refractivity contribution in [2.45, 2.75) is 26.2 Å². The summed E-state index contributed by atoms with van der Waals surface area (Å²) in [5.41, 5.74) is 8.21. The van der Waals surface area contributed by atoms with E-state index in [2.05, 4.69) is 31.0 Å². The van der Waals surface area contributed by atoms with Crippen molar-refractivity contribution in [3.05, 3.63) is 59.9 Å². The molecular weight excluding hydrogens is 260 g/mol. The van der Waals surface area contributed by atoms with Crippen LogP contribution in [0.1, 0.15) is 31.0 Å². The normalized spacial score (nSPS) is 12.4. The molecule has 0 radical (unpaired) electrons. The Labute approximate surface area is 127 Å². The van der Waals surface area contributed by atoms with E-state index < -0.39 is 0 Å². The maximum atomic E-state index is 5.90. The molecule has 1 atom stereocenters. The van der Waals surface area contributed by atoms with Crippen LogP contribution < -0.4 is 10.5 Å². The Kier molecular flexibility index (Phi) is 5.76. The highest BCUT2D eigenvalue weighted by Gasteiger charge is 2.11. The maximum Gasteiger partial charge on any atom is 0.119 e. The van der Waals surface area contributed by atoms with Crippen LogP contribution in [-0.4, -0.2) is 18.1 Å². The standard InChI is InChI=1S/C18H24N2O/c1-14(2)13-21-17-8-6-15(7-9-17)11-16(12-19)18-5-3-4-10-20-18/h3-10,14,16H,11-13,19H2,1-2H3. The monoisotopic (exact) mass is 284 g/mol. The van der Waals surface area contributed by atoms with Gasteiger partial charge in [-0.2, -0.15) is 0 Å². The van der Waals surface area contributed by atoms with Gasteiger partial charge in [0.05, 0.1) is 6.61 Å². The van der Waals surface area contributed by atoms with Crippen molar-refractivity contribution in [3.63, 3.8) is 0 Å². The number of nitrogens with zero attached hydrogens (tertiary/aromatic N) is 1. The summed E-state index contributed by atoms with van der Waals surface area (Å²) >= 11 is 0. The van der Waals surface area contributed by atoms with E-state index in [-0.39, 0.29) is 5.92 Å². The summed E-state index contributed by atoms with van der Waals surface area (Å²) in [4.78, 5) is 4.41. The minimum atomic E-state index is 0.258. The molecule has 0 saturated carbocycles. The molecule has 0 bridgehead atoms. The maximum absolute atomic E-state index is 5.90. The minimum Gasteiger partial charge on any atom is -0.493 e. The van der Waals surface area contributed by atoms with Gasteiger partial charge in [0.15, 0.2) is 0 Å². The van der Waals surface area contributed by atoms with E-state index in [1.165, 1.54) is 5.56 Å². The van der Waals surface area contributed by atoms with Crippen molar-refractivity contribution in [1.29, 1.82) is 0 Å². The fourth-order valence-corrected chi connectivity index (χ4v) is 2.20. The SMILES string of the molecule is CC(C)COc1ccc(CC(CN)c2ccccn2)cc1. The summed E-state index contributed by atoms with van der Waals surface area (Å²) in [5.74, 6) is 1.72. The Morgan fingerprint density at radius 3 is 2.43 bits per heavy atom. The lowest BCUT2D eigenvalue weighted by Crippen LogP contribution is -2.16. The van der Waals surface area contributed by atoms with Gasteiger partial charge in [0.25, 0.3) is 0 Å². The molecule has 1 aromatic heterocycles. The number of hydrogen-bond acceptors (Lipinski definition) is 3. The number of hydrogen-bond donors (Lipinski definition) is 1. The molecular formula is C18H24N2O. The first-order valence-electron chi connectivity index (χ1n) is 7.51. The third-order valence-corrected chi connectivity index (χ3v) is 3.38. The first-order chi connectivity index (χ1) is 10.2. The second-order valence-electron chi connectivity index (χ2n) is 5.74. The highest BCUT2D eigenvalue weighted by molar-refractivity contribution is 5.28. The molecule has 0 aliphatic rings. The molecule has 1 heterocycles. The fraction of sp³-hybridized carbons (Fsp3) is 0.389. The van der Waals surface area contributed by atoms with Crippen LogP contribution in [-0.2, 0) is 6.42 Å². The Balaban J connectivity index is 1.98. The van der Waals surface area contributed by atoms with Gasteiger partial charge in [-0.05, 0) is 42.2 Å². The average molecular weight is 284 g/mol. The van der Waals surface area contributed by atoms with Crippen molar-refractivity contribution >= 4 is 0 Å². The molecule has 21 heavy (non-hydrogen) atoms. The molecule has 112 valence electrons. The molecule has 3 nitrogen and oxygen atoms in total. The second kappa shape index (κ2) is 7.79. The summed E-state index contributed by atoms with van der Waals surface area (Å²) in [7, 11) is 0. The van der Waals surface area contributed by atoms with Crippen LogP contribution in [0.5, 0.6) is 5.75 Å². The predicted octanol–water partition coefficient (Wildman–Crippen LogP) is 3.40. The van der Waals surface area contributed by atoms with Crippen LogP contribution in [0.3, 0.4) is 0 Å². The average Bonchev–Trinajstić information content (AvgIpc) is 2.52. The van der Waals surface area contributed by atoms with E-state index in [0.717, 1.165) is 24.5 Å². The van der Waals surface area contributed by atoms with Gasteiger partial charge in [-0.15, -0.1) is 0 Å². The lowest BCUT2D eigenvalue weighted by atomic mass is 9.96. The Bertz CT molecular complexity index is 523. The van der Waals surface area contributed by atoms with Crippen molar-refractivity contribution in [1.82, 2.24) is 4.98 Å². The van der Waals surface area contributed by atoms with E-state index in [1.54, 1.807) is 0 Å². The van der Waals surface area contributed by atoms with E-state index in [4.69, 9.17) is 10.5 Å². The molecule has 1 aromatic carbocycles. The second-order valence-corrected chi connectivity index (χ2v) is 5.74. The zero-order valence-corrected chi connectivity index (χ0v) is 12.8. The molecule has 1 unspecified atom stereocenters. The van der Waals surface area contributed by atoms with Gasteiger partial charge in [-0.1, -0.05) is 32.0 Å². The molecule has 2 rings (SSSR count). The lowest BCUT2D eigenvalue weighted by Gasteiger charge is -2.15. The van der Waals surface area contributed by atoms with Gasteiger partial charge in [-0.25, -0.2) is 0 Å². The van der Waals surface area contributed by atoms with Gasteiger partial charge in [-0.3, -0.25) is 4.98 Å². The summed E-state index contributed by atoms with van der Waals surface area (Å²) in [6.45, 7) is 5.64. The molecule has 0 amide bonds. The van der Waals surface area contributed by atoms with Crippen molar-refractivity contribution in [2.75, 3.05) is 13.2 Å². The molecule has 2 N–H and O–H groups in total. The summed E-state index contributed by atoms with van der Waals surface area (Å²) in [5, 5.41) is 0. The van der Waals surface area contributed by atoms with Gasteiger partial charge >= 0.3 is 0 Å². The minimum absolute atomic E-state index is 0.258. The quantitative estimate of drug-likeness (QED) is 0.847. The van der Waals surface area contributed by atoms with Crippen molar-refractivity contribution in [3.8, 4) is 5.75 Å². The zero-order valence-electron chi connectivity index (χ0n) is 12.8. The predicted molar refractivity (Wildman–Crippen MR) is 86.5 cm³/mol. The highest BCUT2D eigenvalue weighted by Crippen LogP contribution is 2.20. The van der Waals surface area contributed by atoms with E-state index in [0.29, 0.717) is 12.5 Å². The fourth-order valence-electron chi connectivity index (χ4n) is 2.20. The van der Waals surface area contributed by atoms with Crippen LogP contribution in [0, 0.1) is 5.92 Å². The number of rotatable bonds is 7. The van der Waals surface area contributed by atoms with Crippen molar-refractivity contribution in [2.24, 2.45) is 11.7 Å². The Hall–Kier alpha value is -1.87. The third-order valence-electron chi connectivity index (χ3n) is 3.38. The number of nitrogens with two attached hydrogens (primary N) is 1. The first kappa shape index (κ1) is 15.5. The van der Waals surface area contributed by atoms with Crippen molar-refractivity contribution < 1.29 is 4.74 Å². The molecule has 0 spiro atoms. The Morgan fingerprint density at radius 2 is 1.86 bits per heavy atom. The molecule has 0 saturated heterocycles. The van der Waals surface area contributed by atoms with Gasteiger partial charge < -0.3 is 10.5 Å². The zero-order chi connectivity index (χ0) is 15.1. The van der Waals surface area contributed by atoms with E-state index >= 15 is 0 Å². The summed E-state index contributed by atoms with van der Waals surface area (Å²) in [6.07, 6.45) is 2.72.